The zero-order valence-electron chi connectivity index (χ0n) is 52.6. The number of fused-ring (bicyclic) bond motifs is 4. The Hall–Kier alpha value is -9.38. The van der Waals surface area contributed by atoms with E-state index < -0.39 is 88.1 Å². The van der Waals surface area contributed by atoms with Crippen LogP contribution < -0.4 is 33.4 Å². The third-order valence-corrected chi connectivity index (χ3v) is 20.5. The molecule has 8 aromatic rings. The third kappa shape index (κ3) is 16.3. The van der Waals surface area contributed by atoms with Gasteiger partial charge in [0.05, 0.1) is 69.6 Å². The fraction of sp³-hybridized carbons (Fsp3) is 0.284. The van der Waals surface area contributed by atoms with Crippen LogP contribution in [-0.4, -0.2) is 126 Å². The zero-order valence-corrected chi connectivity index (χ0v) is 55.4. The molecule has 4 amide bonds. The molecule has 0 aliphatic carbocycles. The van der Waals surface area contributed by atoms with Crippen molar-refractivity contribution in [2.75, 3.05) is 45.4 Å². The number of phenols is 1. The second kappa shape index (κ2) is 30.1. The number of pyridine rings is 2. The SMILES string of the molecule is CCOC(=O)[C@@H](C)NP(=O)(CCOc1c2c(c(O)c3ncccc13)C(=O)N(Cc1ccc(F)cc1)C2=O)Oc1ccccc1.CCOC(=O)[C@@H](C)NP(=O)(CCOc1c2c(c(OCC[Si](C)(C)C)c3ncccc13)C(=O)N(Cc1ccc(F)cc1)C2=O)Oc1ccccc1. The quantitative estimate of drug-likeness (QED) is 0.0178. The molecular formula is C67H70F2N6O16P2Si. The number of hydrogen-bond donors (Lipinski definition) is 3. The summed E-state index contributed by atoms with van der Waals surface area (Å²) in [5.41, 5.74) is 0.958. The molecule has 0 saturated heterocycles. The van der Waals surface area contributed by atoms with Gasteiger partial charge in [0.2, 0.25) is 0 Å². The van der Waals surface area contributed by atoms with Gasteiger partial charge in [-0.1, -0.05) is 80.3 Å². The first-order valence-electron chi connectivity index (χ1n) is 30.2. The predicted octanol–water partition coefficient (Wildman–Crippen LogP) is 12.1. The highest BCUT2D eigenvalue weighted by Crippen LogP contribution is 2.49. The van der Waals surface area contributed by atoms with Crippen LogP contribution in [0.25, 0.3) is 21.8 Å². The van der Waals surface area contributed by atoms with Gasteiger partial charge in [0, 0.05) is 31.2 Å². The average Bonchev–Trinajstić information content (AvgIpc) is 1.55. The number of para-hydroxylation sites is 2. The largest absolute Gasteiger partial charge is 0.505 e. The molecule has 6 aromatic carbocycles. The number of imide groups is 2. The van der Waals surface area contributed by atoms with Gasteiger partial charge in [-0.05, 0) is 118 Å². The number of nitrogens with zero attached hydrogens (tertiary/aromatic N) is 4. The van der Waals surface area contributed by atoms with Crippen molar-refractivity contribution in [2.24, 2.45) is 0 Å². The number of aromatic hydroxyl groups is 1. The summed E-state index contributed by atoms with van der Waals surface area (Å²) < 4.78 is 95.8. The van der Waals surface area contributed by atoms with Crippen LogP contribution >= 0.6 is 15.0 Å². The van der Waals surface area contributed by atoms with Gasteiger partial charge in [-0.2, -0.15) is 0 Å². The van der Waals surface area contributed by atoms with Gasteiger partial charge in [0.15, 0.2) is 11.5 Å². The van der Waals surface area contributed by atoms with E-state index >= 15 is 0 Å². The first-order valence-corrected chi connectivity index (χ1v) is 37.5. The lowest BCUT2D eigenvalue weighted by Crippen LogP contribution is -2.35. The highest BCUT2D eigenvalue weighted by molar-refractivity contribution is 7.57. The molecular weight excluding hydrogens is 1270 g/mol. The van der Waals surface area contributed by atoms with Crippen LogP contribution in [-0.2, 0) is 41.3 Å². The number of nitrogens with one attached hydrogen (secondary N) is 2. The highest BCUT2D eigenvalue weighted by atomic mass is 31.2. The van der Waals surface area contributed by atoms with Crippen LogP contribution in [0.5, 0.6) is 34.5 Å². The van der Waals surface area contributed by atoms with E-state index in [1.807, 2.05) is 0 Å². The summed E-state index contributed by atoms with van der Waals surface area (Å²) in [5.74, 6) is -4.52. The Bertz CT molecular complexity index is 4230. The first kappa shape index (κ1) is 69.0. The number of halogens is 2. The lowest BCUT2D eigenvalue weighted by atomic mass is 10.0. The van der Waals surface area contributed by atoms with Crippen molar-refractivity contribution in [2.45, 2.75) is 78.6 Å². The molecule has 3 N–H and O–H groups in total. The number of phenolic OH excluding ortho intramolecular Hbond substituents is 1. The predicted molar refractivity (Wildman–Crippen MR) is 349 cm³/mol. The number of rotatable bonds is 28. The van der Waals surface area contributed by atoms with E-state index in [9.17, 15) is 51.8 Å². The number of ether oxygens (including phenoxy) is 5. The van der Waals surface area contributed by atoms with Gasteiger partial charge in [0.25, 0.3) is 23.6 Å². The van der Waals surface area contributed by atoms with Crippen molar-refractivity contribution >= 4 is 80.5 Å². The van der Waals surface area contributed by atoms with Gasteiger partial charge in [-0.3, -0.25) is 57.7 Å². The van der Waals surface area contributed by atoms with Crippen LogP contribution in [0, 0.1) is 11.6 Å². The van der Waals surface area contributed by atoms with Gasteiger partial charge >= 0.3 is 27.0 Å². The summed E-state index contributed by atoms with van der Waals surface area (Å²) in [6, 6.07) is 33.1. The Balaban J connectivity index is 0.000000223. The molecule has 2 aliphatic rings. The number of esters is 2. The molecule has 2 aliphatic heterocycles. The molecule has 0 bridgehead atoms. The molecule has 4 heterocycles. The monoisotopic (exact) mass is 1340 g/mol. The van der Waals surface area contributed by atoms with Gasteiger partial charge in [-0.25, -0.2) is 19.0 Å². The Morgan fingerprint density at radius 2 is 0.915 bits per heavy atom. The van der Waals surface area contributed by atoms with E-state index in [0.717, 1.165) is 15.8 Å². The van der Waals surface area contributed by atoms with Crippen molar-refractivity contribution in [3.05, 3.63) is 191 Å². The normalized spacial score (nSPS) is 14.6. The van der Waals surface area contributed by atoms with Crippen molar-refractivity contribution in [3.63, 3.8) is 0 Å². The van der Waals surface area contributed by atoms with E-state index in [-0.39, 0.29) is 108 Å². The number of benzene rings is 6. The molecule has 0 radical (unpaired) electrons. The van der Waals surface area contributed by atoms with E-state index in [2.05, 4.69) is 39.8 Å². The summed E-state index contributed by atoms with van der Waals surface area (Å²) in [7, 11) is -9.19. The molecule has 94 heavy (non-hydrogen) atoms. The Labute approximate surface area is 541 Å². The lowest BCUT2D eigenvalue weighted by Gasteiger charge is -2.24. The van der Waals surface area contributed by atoms with Crippen LogP contribution in [0.4, 0.5) is 8.78 Å². The smallest absolute Gasteiger partial charge is 0.323 e. The van der Waals surface area contributed by atoms with Crippen molar-refractivity contribution in [3.8, 4) is 34.5 Å². The van der Waals surface area contributed by atoms with Gasteiger partial charge in [0.1, 0.15) is 68.9 Å². The maximum absolute atomic E-state index is 14.2. The maximum Gasteiger partial charge on any atom is 0.323 e. The maximum atomic E-state index is 14.2. The summed E-state index contributed by atoms with van der Waals surface area (Å²) in [4.78, 5) is 90.8. The van der Waals surface area contributed by atoms with E-state index in [1.54, 1.807) is 105 Å². The van der Waals surface area contributed by atoms with Crippen LogP contribution in [0.15, 0.2) is 146 Å². The molecule has 2 aromatic heterocycles. The minimum atomic E-state index is -3.83. The summed E-state index contributed by atoms with van der Waals surface area (Å²) in [5, 5.41) is 17.2. The van der Waals surface area contributed by atoms with E-state index in [0.29, 0.717) is 34.4 Å². The van der Waals surface area contributed by atoms with Crippen molar-refractivity contribution in [1.82, 2.24) is 29.9 Å². The summed E-state index contributed by atoms with van der Waals surface area (Å²) >= 11 is 0. The van der Waals surface area contributed by atoms with Crippen LogP contribution in [0.2, 0.25) is 25.7 Å². The lowest BCUT2D eigenvalue weighted by molar-refractivity contribution is -0.145. The van der Waals surface area contributed by atoms with Gasteiger partial charge < -0.3 is 37.8 Å². The molecule has 22 nitrogen and oxygen atoms in total. The molecule has 27 heteroatoms. The zero-order chi connectivity index (χ0) is 67.5. The topological polar surface area (TPSA) is 278 Å². The average molecular weight is 1340 g/mol. The highest BCUT2D eigenvalue weighted by Gasteiger charge is 2.45. The summed E-state index contributed by atoms with van der Waals surface area (Å²) in [6.45, 7) is 12.7. The second-order valence-electron chi connectivity index (χ2n) is 22.9. The fourth-order valence-corrected chi connectivity index (χ4v) is 14.4. The fourth-order valence-electron chi connectivity index (χ4n) is 10.1. The third-order valence-electron chi connectivity index (χ3n) is 14.7. The van der Waals surface area contributed by atoms with Gasteiger partial charge in [-0.15, -0.1) is 0 Å². The number of carbonyl (C=O) groups is 6. The molecule has 0 fully saturated rings. The Morgan fingerprint density at radius 1 is 0.532 bits per heavy atom. The minimum absolute atomic E-state index is 0.00715. The molecule has 0 saturated carbocycles. The Morgan fingerprint density at radius 3 is 1.34 bits per heavy atom. The van der Waals surface area contributed by atoms with Crippen molar-refractivity contribution < 1.29 is 84.5 Å². The molecule has 4 atom stereocenters. The molecule has 10 rings (SSSR count). The number of carbonyl (C=O) groups excluding carboxylic acids is 6. The van der Waals surface area contributed by atoms with Crippen LogP contribution in [0.1, 0.15) is 80.3 Å². The second-order valence-corrected chi connectivity index (χ2v) is 33.0. The van der Waals surface area contributed by atoms with Crippen molar-refractivity contribution in [1.29, 1.82) is 0 Å². The van der Waals surface area contributed by atoms with E-state index in [4.69, 9.17) is 32.7 Å². The molecule has 0 spiro atoms. The molecule has 2 unspecified atom stereocenters. The number of aromatic nitrogens is 2. The molecule has 492 valence electrons. The van der Waals surface area contributed by atoms with Crippen LogP contribution in [0.3, 0.4) is 0 Å². The first-order chi connectivity index (χ1) is 44.9. The Kier molecular flexibility index (Phi) is 22.1. The number of amides is 4. The minimum Gasteiger partial charge on any atom is -0.505 e. The summed E-state index contributed by atoms with van der Waals surface area (Å²) in [6.07, 6.45) is 2.49. The van der Waals surface area contributed by atoms with E-state index in [1.165, 1.54) is 68.6 Å². The number of hydrogen-bond acceptors (Lipinski definition) is 18. The standard InChI is InChI=1S/C36H41FN3O8PSi.C31H29FN3O8P/c1-6-45-36(43)24(2)39-49(44,48-27-11-8-7-9-12-27)21-19-46-32-28-13-10-18-38-31(28)33(47-20-22-50(3,4)5)30-29(32)34(41)40(35(30)42)23-25-14-16-26(37)17-15-25;1-3-41-31(39)19(2)34-44(40,43-22-8-5-4-6-9-22)17-16-42-28-23-10-7-15-33-26(23)27(36)24-25(28)30(38)35(29(24)37)18-20-11-13-21(32)14-12-20/h7-18,24H,6,19-23H2,1-5H3,(H,39,44);4-15,19,36H,3,16-18H2,1-2H3,(H,34,40)/t24-,49?;19-,44?/m11/s1.